The third-order valence-corrected chi connectivity index (χ3v) is 4.72. The first kappa shape index (κ1) is 13.8. The molecule has 0 amide bonds. The number of rotatable bonds is 6. The molecule has 2 heterocycles. The highest BCUT2D eigenvalue weighted by atomic mass is 32.1. The number of nitrogens with zero attached hydrogens (tertiary/aromatic N) is 3. The zero-order valence-electron chi connectivity index (χ0n) is 12.4. The molecule has 1 aliphatic rings. The summed E-state index contributed by atoms with van der Waals surface area (Å²) in [5.41, 5.74) is 4.95. The van der Waals surface area contributed by atoms with E-state index in [4.69, 9.17) is 0 Å². The van der Waals surface area contributed by atoms with Crippen LogP contribution < -0.4 is 5.32 Å². The Hall–Kier alpha value is -1.20. The van der Waals surface area contributed by atoms with Crippen LogP contribution in [-0.4, -0.2) is 27.4 Å². The van der Waals surface area contributed by atoms with Gasteiger partial charge in [0, 0.05) is 17.1 Å². The summed E-state index contributed by atoms with van der Waals surface area (Å²) in [6.07, 6.45) is 3.77. The van der Waals surface area contributed by atoms with Crippen molar-refractivity contribution in [1.29, 1.82) is 0 Å². The van der Waals surface area contributed by atoms with E-state index < -0.39 is 0 Å². The van der Waals surface area contributed by atoms with Crippen molar-refractivity contribution in [3.05, 3.63) is 33.0 Å². The van der Waals surface area contributed by atoms with Gasteiger partial charge in [-0.25, -0.2) is 4.98 Å². The minimum Gasteiger partial charge on any atom is -0.314 e. The second kappa shape index (κ2) is 5.66. The lowest BCUT2D eigenvalue weighted by Crippen LogP contribution is -2.19. The van der Waals surface area contributed by atoms with E-state index in [1.54, 1.807) is 11.3 Å². The van der Waals surface area contributed by atoms with Crippen LogP contribution in [0.15, 0.2) is 5.38 Å². The quantitative estimate of drug-likeness (QED) is 0.889. The van der Waals surface area contributed by atoms with Crippen LogP contribution >= 0.6 is 11.3 Å². The Balaban J connectivity index is 1.68. The maximum absolute atomic E-state index is 4.68. The van der Waals surface area contributed by atoms with Crippen LogP contribution in [0.5, 0.6) is 0 Å². The largest absolute Gasteiger partial charge is 0.314 e. The molecule has 4 nitrogen and oxygen atoms in total. The summed E-state index contributed by atoms with van der Waals surface area (Å²) < 4.78 is 2.09. The Morgan fingerprint density at radius 3 is 2.80 bits per heavy atom. The van der Waals surface area contributed by atoms with Gasteiger partial charge >= 0.3 is 0 Å². The molecule has 0 saturated heterocycles. The van der Waals surface area contributed by atoms with E-state index in [2.05, 4.69) is 39.3 Å². The van der Waals surface area contributed by atoms with Gasteiger partial charge in [-0.2, -0.15) is 5.10 Å². The highest BCUT2D eigenvalue weighted by Gasteiger charge is 2.20. The Morgan fingerprint density at radius 1 is 1.35 bits per heavy atom. The fraction of sp³-hybridized carbons (Fsp3) is 0.600. The van der Waals surface area contributed by atoms with E-state index in [1.807, 2.05) is 6.92 Å². The number of aromatic nitrogens is 3. The zero-order chi connectivity index (χ0) is 14.1. The van der Waals surface area contributed by atoms with Gasteiger partial charge in [0.05, 0.1) is 22.9 Å². The van der Waals surface area contributed by atoms with Crippen molar-refractivity contribution < 1.29 is 0 Å². The molecule has 0 bridgehead atoms. The van der Waals surface area contributed by atoms with Gasteiger partial charge in [-0.05, 0) is 52.1 Å². The first-order valence-corrected chi connectivity index (χ1v) is 8.18. The lowest BCUT2D eigenvalue weighted by molar-refractivity contribution is 0.645. The van der Waals surface area contributed by atoms with Gasteiger partial charge in [0.25, 0.3) is 0 Å². The SMILES string of the molecule is Cc1nc(Cn2nc(C)c(CCNC3CC3)c2C)cs1. The van der Waals surface area contributed by atoms with Gasteiger partial charge in [-0.3, -0.25) is 4.68 Å². The predicted molar refractivity (Wildman–Crippen MR) is 82.4 cm³/mol. The molecule has 2 aromatic rings. The monoisotopic (exact) mass is 290 g/mol. The van der Waals surface area contributed by atoms with E-state index in [-0.39, 0.29) is 0 Å². The Labute approximate surface area is 124 Å². The molecule has 108 valence electrons. The van der Waals surface area contributed by atoms with Crippen LogP contribution in [0, 0.1) is 20.8 Å². The minimum atomic E-state index is 0.781. The molecule has 1 saturated carbocycles. The Morgan fingerprint density at radius 2 is 2.15 bits per heavy atom. The molecule has 1 fully saturated rings. The molecule has 2 aromatic heterocycles. The number of hydrogen-bond donors (Lipinski definition) is 1. The summed E-state index contributed by atoms with van der Waals surface area (Å²) in [7, 11) is 0. The lowest BCUT2D eigenvalue weighted by Gasteiger charge is -2.05. The van der Waals surface area contributed by atoms with Crippen LogP contribution in [0.1, 0.15) is 40.5 Å². The van der Waals surface area contributed by atoms with Crippen LogP contribution in [0.25, 0.3) is 0 Å². The average molecular weight is 290 g/mol. The molecule has 5 heteroatoms. The Bertz CT molecular complexity index is 595. The van der Waals surface area contributed by atoms with Crippen LogP contribution in [0.3, 0.4) is 0 Å². The summed E-state index contributed by atoms with van der Waals surface area (Å²) in [6.45, 7) is 8.18. The summed E-state index contributed by atoms with van der Waals surface area (Å²) in [6, 6.07) is 0.781. The first-order chi connectivity index (χ1) is 9.63. The maximum atomic E-state index is 4.68. The van der Waals surface area contributed by atoms with Gasteiger partial charge in [0.15, 0.2) is 0 Å². The van der Waals surface area contributed by atoms with Crippen molar-refractivity contribution >= 4 is 11.3 Å². The van der Waals surface area contributed by atoms with Crippen LogP contribution in [-0.2, 0) is 13.0 Å². The molecule has 0 aromatic carbocycles. The molecule has 1 aliphatic carbocycles. The molecule has 0 spiro atoms. The predicted octanol–water partition coefficient (Wildman–Crippen LogP) is 2.61. The minimum absolute atomic E-state index is 0.781. The molecule has 0 unspecified atom stereocenters. The van der Waals surface area contributed by atoms with Gasteiger partial charge in [-0.15, -0.1) is 11.3 Å². The van der Waals surface area contributed by atoms with E-state index in [0.29, 0.717) is 0 Å². The first-order valence-electron chi connectivity index (χ1n) is 7.30. The van der Waals surface area contributed by atoms with E-state index in [0.717, 1.165) is 41.9 Å². The van der Waals surface area contributed by atoms with Gasteiger partial charge in [0.2, 0.25) is 0 Å². The highest BCUT2D eigenvalue weighted by Crippen LogP contribution is 2.20. The van der Waals surface area contributed by atoms with E-state index in [9.17, 15) is 0 Å². The second-order valence-electron chi connectivity index (χ2n) is 5.64. The summed E-state index contributed by atoms with van der Waals surface area (Å²) in [5, 5.41) is 11.5. The molecule has 3 rings (SSSR count). The number of nitrogens with one attached hydrogen (secondary N) is 1. The number of hydrogen-bond acceptors (Lipinski definition) is 4. The van der Waals surface area contributed by atoms with Gasteiger partial charge in [0.1, 0.15) is 0 Å². The number of thiazole rings is 1. The molecular weight excluding hydrogens is 268 g/mol. The van der Waals surface area contributed by atoms with Gasteiger partial charge in [-0.1, -0.05) is 0 Å². The van der Waals surface area contributed by atoms with Crippen molar-refractivity contribution in [1.82, 2.24) is 20.1 Å². The third kappa shape index (κ3) is 3.10. The maximum Gasteiger partial charge on any atom is 0.0898 e. The summed E-state index contributed by atoms with van der Waals surface area (Å²) in [5.74, 6) is 0. The van der Waals surface area contributed by atoms with E-state index >= 15 is 0 Å². The third-order valence-electron chi connectivity index (χ3n) is 3.90. The highest BCUT2D eigenvalue weighted by molar-refractivity contribution is 7.09. The second-order valence-corrected chi connectivity index (χ2v) is 6.71. The topological polar surface area (TPSA) is 42.7 Å². The summed E-state index contributed by atoms with van der Waals surface area (Å²) in [4.78, 5) is 4.52. The average Bonchev–Trinajstić information content (AvgIpc) is 3.09. The smallest absolute Gasteiger partial charge is 0.0898 e. The molecule has 0 atom stereocenters. The fourth-order valence-corrected chi connectivity index (χ4v) is 3.18. The van der Waals surface area contributed by atoms with Gasteiger partial charge < -0.3 is 5.32 Å². The Kier molecular flexibility index (Phi) is 3.89. The standard InChI is InChI=1S/C15H22N4S/c1-10-15(6-7-16-13-4-5-13)11(2)19(18-10)8-14-9-20-12(3)17-14/h9,13,16H,4-8H2,1-3H3. The number of aryl methyl sites for hydroxylation is 2. The molecule has 0 aliphatic heterocycles. The van der Waals surface area contributed by atoms with Crippen molar-refractivity contribution in [3.8, 4) is 0 Å². The van der Waals surface area contributed by atoms with Crippen molar-refractivity contribution in [3.63, 3.8) is 0 Å². The van der Waals surface area contributed by atoms with Crippen LogP contribution in [0.2, 0.25) is 0 Å². The van der Waals surface area contributed by atoms with E-state index in [1.165, 1.54) is 24.1 Å². The lowest BCUT2D eigenvalue weighted by atomic mass is 10.1. The molecule has 20 heavy (non-hydrogen) atoms. The molecule has 1 N–H and O–H groups in total. The normalized spacial score (nSPS) is 14.9. The fourth-order valence-electron chi connectivity index (χ4n) is 2.57. The van der Waals surface area contributed by atoms with Crippen molar-refractivity contribution in [2.75, 3.05) is 6.54 Å². The van der Waals surface area contributed by atoms with Crippen molar-refractivity contribution in [2.24, 2.45) is 0 Å². The molecular formula is C15H22N4S. The molecule has 0 radical (unpaired) electrons. The van der Waals surface area contributed by atoms with Crippen molar-refractivity contribution in [2.45, 2.75) is 52.6 Å². The van der Waals surface area contributed by atoms with Crippen LogP contribution in [0.4, 0.5) is 0 Å². The summed E-state index contributed by atoms with van der Waals surface area (Å²) >= 11 is 1.70. The zero-order valence-corrected chi connectivity index (χ0v) is 13.3.